The van der Waals surface area contributed by atoms with E-state index in [1.165, 1.54) is 16.7 Å². The molecule has 0 heterocycles. The molecule has 2 atom stereocenters. The molecule has 0 spiro atoms. The van der Waals surface area contributed by atoms with Crippen molar-refractivity contribution in [1.29, 1.82) is 0 Å². The van der Waals surface area contributed by atoms with E-state index in [-0.39, 0.29) is 12.1 Å². The van der Waals surface area contributed by atoms with Crippen molar-refractivity contribution in [3.8, 4) is 0 Å². The molecule has 2 unspecified atom stereocenters. The van der Waals surface area contributed by atoms with E-state index in [2.05, 4.69) is 60.8 Å². The summed E-state index contributed by atoms with van der Waals surface area (Å²) in [5, 5.41) is 3.40. The van der Waals surface area contributed by atoms with E-state index in [0.29, 0.717) is 0 Å². The van der Waals surface area contributed by atoms with E-state index in [0.717, 1.165) is 6.42 Å². The minimum Gasteiger partial charge on any atom is -0.375 e. The molecule has 2 nitrogen and oxygen atoms in total. The van der Waals surface area contributed by atoms with Crippen LogP contribution in [0.4, 0.5) is 0 Å². The maximum atomic E-state index is 5.74. The molecule has 1 N–H and O–H groups in total. The number of hydrogen-bond acceptors (Lipinski definition) is 2. The lowest BCUT2D eigenvalue weighted by Crippen LogP contribution is -2.35. The fourth-order valence-electron chi connectivity index (χ4n) is 2.61. The van der Waals surface area contributed by atoms with Crippen LogP contribution < -0.4 is 5.32 Å². The maximum absolute atomic E-state index is 5.74. The van der Waals surface area contributed by atoms with Gasteiger partial charge in [-0.2, -0.15) is 0 Å². The van der Waals surface area contributed by atoms with Crippen LogP contribution in [0.25, 0.3) is 0 Å². The van der Waals surface area contributed by atoms with Crippen molar-refractivity contribution in [3.63, 3.8) is 0 Å². The first kappa shape index (κ1) is 14.8. The normalized spacial score (nSPS) is 13.9. The molecule has 2 aromatic carbocycles. The molecule has 2 rings (SSSR count). The number of likely N-dealkylation sites (N-methyl/N-ethyl adjacent to an activating group) is 1. The molecule has 0 fully saturated rings. The quantitative estimate of drug-likeness (QED) is 0.866. The van der Waals surface area contributed by atoms with Gasteiger partial charge in [-0.25, -0.2) is 0 Å². The fraction of sp³-hybridized carbons (Fsp3) is 0.333. The standard InChI is InChI=1S/C18H23NO/c1-14-9-7-8-12-16(14)13-17(19-2)18(20-3)15-10-5-4-6-11-15/h4-12,17-19H,13H2,1-3H3. The van der Waals surface area contributed by atoms with Crippen LogP contribution in [0, 0.1) is 6.92 Å². The fourth-order valence-corrected chi connectivity index (χ4v) is 2.61. The minimum absolute atomic E-state index is 0.0563. The van der Waals surface area contributed by atoms with E-state index in [1.54, 1.807) is 7.11 Å². The Labute approximate surface area is 121 Å². The highest BCUT2D eigenvalue weighted by Crippen LogP contribution is 2.23. The summed E-state index contributed by atoms with van der Waals surface area (Å²) in [4.78, 5) is 0. The second-order valence-electron chi connectivity index (χ2n) is 5.09. The molecule has 0 amide bonds. The molecule has 2 heteroatoms. The Bertz CT molecular complexity index is 524. The summed E-state index contributed by atoms with van der Waals surface area (Å²) < 4.78 is 5.74. The first-order chi connectivity index (χ1) is 9.76. The Morgan fingerprint density at radius 2 is 1.65 bits per heavy atom. The van der Waals surface area contributed by atoms with E-state index in [1.807, 2.05) is 13.1 Å². The molecule has 2 aromatic rings. The van der Waals surface area contributed by atoms with Crippen molar-refractivity contribution in [2.75, 3.05) is 14.2 Å². The number of nitrogens with one attached hydrogen (secondary N) is 1. The smallest absolute Gasteiger partial charge is 0.0977 e. The van der Waals surface area contributed by atoms with Crippen molar-refractivity contribution in [2.45, 2.75) is 25.5 Å². The van der Waals surface area contributed by atoms with Gasteiger partial charge in [0.05, 0.1) is 6.10 Å². The molecule has 0 saturated heterocycles. The predicted octanol–water partition coefficient (Wildman–Crippen LogP) is 3.51. The second kappa shape index (κ2) is 7.22. The number of ether oxygens (including phenoxy) is 1. The van der Waals surface area contributed by atoms with Gasteiger partial charge < -0.3 is 10.1 Å². The third kappa shape index (κ3) is 3.47. The minimum atomic E-state index is 0.0563. The van der Waals surface area contributed by atoms with E-state index < -0.39 is 0 Å². The average Bonchev–Trinajstić information content (AvgIpc) is 2.50. The number of benzene rings is 2. The molecule has 106 valence electrons. The number of rotatable bonds is 6. The van der Waals surface area contributed by atoms with Crippen molar-refractivity contribution in [2.24, 2.45) is 0 Å². The van der Waals surface area contributed by atoms with Gasteiger partial charge in [0.2, 0.25) is 0 Å². The SMILES string of the molecule is CNC(Cc1ccccc1C)C(OC)c1ccccc1. The Kier molecular flexibility index (Phi) is 5.33. The van der Waals surface area contributed by atoms with Crippen LogP contribution in [0.5, 0.6) is 0 Å². The zero-order chi connectivity index (χ0) is 14.4. The molecule has 0 saturated carbocycles. The summed E-state index contributed by atoms with van der Waals surface area (Å²) in [6.07, 6.45) is 1.01. The summed E-state index contributed by atoms with van der Waals surface area (Å²) in [5.74, 6) is 0. The van der Waals surface area contributed by atoms with Gasteiger partial charge in [0.15, 0.2) is 0 Å². The van der Waals surface area contributed by atoms with Crippen LogP contribution in [-0.4, -0.2) is 20.2 Å². The van der Waals surface area contributed by atoms with Gasteiger partial charge in [-0.1, -0.05) is 54.6 Å². The number of hydrogen-bond donors (Lipinski definition) is 1. The van der Waals surface area contributed by atoms with Gasteiger partial charge in [0.25, 0.3) is 0 Å². The monoisotopic (exact) mass is 269 g/mol. The van der Waals surface area contributed by atoms with Crippen LogP contribution >= 0.6 is 0 Å². The highest BCUT2D eigenvalue weighted by Gasteiger charge is 2.22. The summed E-state index contributed by atoms with van der Waals surface area (Å²) in [6, 6.07) is 19.2. The van der Waals surface area contributed by atoms with Gasteiger partial charge in [-0.15, -0.1) is 0 Å². The topological polar surface area (TPSA) is 21.3 Å². The lowest BCUT2D eigenvalue weighted by atomic mass is 9.94. The van der Waals surface area contributed by atoms with Gasteiger partial charge in [-0.3, -0.25) is 0 Å². The first-order valence-electron chi connectivity index (χ1n) is 7.05. The molecule has 0 bridgehead atoms. The Morgan fingerprint density at radius 1 is 1.00 bits per heavy atom. The van der Waals surface area contributed by atoms with Crippen LogP contribution in [0.1, 0.15) is 22.8 Å². The summed E-state index contributed by atoms with van der Waals surface area (Å²) in [7, 11) is 3.78. The Morgan fingerprint density at radius 3 is 2.25 bits per heavy atom. The van der Waals surface area contributed by atoms with Crippen LogP contribution in [0.2, 0.25) is 0 Å². The third-order valence-corrected chi connectivity index (χ3v) is 3.82. The molecule has 0 radical (unpaired) electrons. The maximum Gasteiger partial charge on any atom is 0.0977 e. The van der Waals surface area contributed by atoms with Crippen LogP contribution in [-0.2, 0) is 11.2 Å². The lowest BCUT2D eigenvalue weighted by Gasteiger charge is -2.27. The molecular weight excluding hydrogens is 246 g/mol. The molecule has 0 aromatic heterocycles. The van der Waals surface area contributed by atoms with E-state index in [4.69, 9.17) is 4.74 Å². The zero-order valence-electron chi connectivity index (χ0n) is 12.5. The predicted molar refractivity (Wildman–Crippen MR) is 83.9 cm³/mol. The highest BCUT2D eigenvalue weighted by molar-refractivity contribution is 5.28. The summed E-state index contributed by atoms with van der Waals surface area (Å²) in [6.45, 7) is 2.16. The molecule has 0 aliphatic rings. The Hall–Kier alpha value is -1.64. The van der Waals surface area contributed by atoms with Crippen molar-refractivity contribution in [3.05, 3.63) is 71.3 Å². The van der Waals surface area contributed by atoms with Crippen molar-refractivity contribution in [1.82, 2.24) is 5.32 Å². The number of methoxy groups -OCH3 is 1. The summed E-state index contributed by atoms with van der Waals surface area (Å²) >= 11 is 0. The highest BCUT2D eigenvalue weighted by atomic mass is 16.5. The zero-order valence-corrected chi connectivity index (χ0v) is 12.5. The Balaban J connectivity index is 2.20. The van der Waals surface area contributed by atoms with Gasteiger partial charge in [0.1, 0.15) is 0 Å². The molecule has 0 aliphatic heterocycles. The van der Waals surface area contributed by atoms with Crippen molar-refractivity contribution >= 4 is 0 Å². The molecule has 20 heavy (non-hydrogen) atoms. The number of aryl methyl sites for hydroxylation is 1. The van der Waals surface area contributed by atoms with Crippen molar-refractivity contribution < 1.29 is 4.74 Å². The van der Waals surface area contributed by atoms with Gasteiger partial charge in [-0.05, 0) is 37.1 Å². The molecular formula is C18H23NO. The lowest BCUT2D eigenvalue weighted by molar-refractivity contribution is 0.0703. The van der Waals surface area contributed by atoms with Gasteiger partial charge >= 0.3 is 0 Å². The second-order valence-corrected chi connectivity index (χ2v) is 5.09. The average molecular weight is 269 g/mol. The first-order valence-corrected chi connectivity index (χ1v) is 7.05. The summed E-state index contributed by atoms with van der Waals surface area (Å²) in [5.41, 5.74) is 3.91. The largest absolute Gasteiger partial charge is 0.375 e. The molecule has 0 aliphatic carbocycles. The van der Waals surface area contributed by atoms with E-state index in [9.17, 15) is 0 Å². The van der Waals surface area contributed by atoms with Gasteiger partial charge in [0, 0.05) is 13.2 Å². The third-order valence-electron chi connectivity index (χ3n) is 3.82. The van der Waals surface area contributed by atoms with Crippen LogP contribution in [0.3, 0.4) is 0 Å². The van der Waals surface area contributed by atoms with E-state index >= 15 is 0 Å². The van der Waals surface area contributed by atoms with Crippen LogP contribution in [0.15, 0.2) is 54.6 Å².